The van der Waals surface area contributed by atoms with Crippen LogP contribution in [0.5, 0.6) is 0 Å². The third-order valence-electron chi connectivity index (χ3n) is 3.40. The topological polar surface area (TPSA) is 59.4 Å². The van der Waals surface area contributed by atoms with E-state index in [0.29, 0.717) is 13.2 Å². The molecule has 1 saturated heterocycles. The molecule has 20 heavy (non-hydrogen) atoms. The number of morpholine rings is 1. The Balaban J connectivity index is 2.06. The molecule has 0 unspecified atom stereocenters. The first-order valence-electron chi connectivity index (χ1n) is 7.18. The quantitative estimate of drug-likeness (QED) is 0.795. The van der Waals surface area contributed by atoms with Crippen molar-refractivity contribution in [2.24, 2.45) is 0 Å². The Labute approximate surface area is 119 Å². The number of likely N-dealkylation sites (N-methyl/N-ethyl adjacent to an activating group) is 1. The molecular weight excluding hydrogens is 256 g/mol. The van der Waals surface area contributed by atoms with Gasteiger partial charge in [0.25, 0.3) is 5.56 Å². The third kappa shape index (κ3) is 3.80. The molecule has 1 aliphatic rings. The molecule has 1 aliphatic heterocycles. The van der Waals surface area contributed by atoms with Gasteiger partial charge in [-0.25, -0.2) is 4.68 Å². The number of rotatable bonds is 5. The van der Waals surface area contributed by atoms with E-state index in [1.54, 1.807) is 12.3 Å². The molecule has 0 aromatic carbocycles. The SMILES string of the molecule is CCNCCn1ncc(N2CCOC(C)(C)C2)cc1=O. The van der Waals surface area contributed by atoms with Gasteiger partial charge >= 0.3 is 0 Å². The van der Waals surface area contributed by atoms with Crippen molar-refractivity contribution in [2.45, 2.75) is 32.9 Å². The highest BCUT2D eigenvalue weighted by Gasteiger charge is 2.27. The van der Waals surface area contributed by atoms with Crippen LogP contribution in [-0.2, 0) is 11.3 Å². The van der Waals surface area contributed by atoms with E-state index < -0.39 is 0 Å². The van der Waals surface area contributed by atoms with Gasteiger partial charge in [0.05, 0.1) is 30.6 Å². The zero-order valence-electron chi connectivity index (χ0n) is 12.6. The summed E-state index contributed by atoms with van der Waals surface area (Å²) in [5.74, 6) is 0. The largest absolute Gasteiger partial charge is 0.372 e. The molecule has 0 saturated carbocycles. The summed E-state index contributed by atoms with van der Waals surface area (Å²) < 4.78 is 7.18. The van der Waals surface area contributed by atoms with Gasteiger partial charge in [0.2, 0.25) is 0 Å². The van der Waals surface area contributed by atoms with Gasteiger partial charge in [0.1, 0.15) is 0 Å². The first kappa shape index (κ1) is 15.0. The van der Waals surface area contributed by atoms with E-state index in [9.17, 15) is 4.79 Å². The van der Waals surface area contributed by atoms with Crippen LogP contribution < -0.4 is 15.8 Å². The van der Waals surface area contributed by atoms with Gasteiger partial charge in [-0.15, -0.1) is 0 Å². The molecule has 6 heteroatoms. The van der Waals surface area contributed by atoms with Crippen molar-refractivity contribution in [1.82, 2.24) is 15.1 Å². The van der Waals surface area contributed by atoms with E-state index in [-0.39, 0.29) is 11.2 Å². The molecular formula is C14H24N4O2. The number of ether oxygens (including phenoxy) is 1. The van der Waals surface area contributed by atoms with Crippen LogP contribution in [0.4, 0.5) is 5.69 Å². The second kappa shape index (κ2) is 6.37. The van der Waals surface area contributed by atoms with Gasteiger partial charge in [-0.05, 0) is 20.4 Å². The highest BCUT2D eigenvalue weighted by Crippen LogP contribution is 2.21. The molecule has 1 N–H and O–H groups in total. The summed E-state index contributed by atoms with van der Waals surface area (Å²) in [6.07, 6.45) is 1.77. The summed E-state index contributed by atoms with van der Waals surface area (Å²) in [7, 11) is 0. The Morgan fingerprint density at radius 1 is 1.50 bits per heavy atom. The Morgan fingerprint density at radius 2 is 2.30 bits per heavy atom. The van der Waals surface area contributed by atoms with Crippen molar-refractivity contribution in [3.8, 4) is 0 Å². The minimum absolute atomic E-state index is 0.0512. The molecule has 0 atom stereocenters. The van der Waals surface area contributed by atoms with Gasteiger partial charge < -0.3 is 15.0 Å². The average molecular weight is 280 g/mol. The summed E-state index contributed by atoms with van der Waals surface area (Å²) in [6, 6.07) is 1.67. The molecule has 0 aliphatic carbocycles. The maximum atomic E-state index is 12.1. The summed E-state index contributed by atoms with van der Waals surface area (Å²) in [4.78, 5) is 14.2. The molecule has 0 bridgehead atoms. The maximum absolute atomic E-state index is 12.1. The van der Waals surface area contributed by atoms with Crippen LogP contribution in [0.3, 0.4) is 0 Å². The Morgan fingerprint density at radius 3 is 2.95 bits per heavy atom. The van der Waals surface area contributed by atoms with Crippen LogP contribution in [0.1, 0.15) is 20.8 Å². The molecule has 1 fully saturated rings. The minimum Gasteiger partial charge on any atom is -0.372 e. The first-order valence-corrected chi connectivity index (χ1v) is 7.18. The molecule has 2 heterocycles. The number of nitrogens with one attached hydrogen (secondary N) is 1. The van der Waals surface area contributed by atoms with Crippen molar-refractivity contribution in [3.05, 3.63) is 22.6 Å². The van der Waals surface area contributed by atoms with Gasteiger partial charge in [-0.1, -0.05) is 6.92 Å². The fraction of sp³-hybridized carbons (Fsp3) is 0.714. The van der Waals surface area contributed by atoms with E-state index in [2.05, 4.69) is 29.2 Å². The lowest BCUT2D eigenvalue weighted by molar-refractivity contribution is -0.0277. The van der Waals surface area contributed by atoms with E-state index >= 15 is 0 Å². The van der Waals surface area contributed by atoms with Crippen LogP contribution in [0.25, 0.3) is 0 Å². The summed E-state index contributed by atoms with van der Waals surface area (Å²) in [5.41, 5.74) is 0.647. The van der Waals surface area contributed by atoms with Crippen molar-refractivity contribution in [2.75, 3.05) is 37.7 Å². The Kier molecular flexibility index (Phi) is 4.77. The number of nitrogens with zero attached hydrogens (tertiary/aromatic N) is 3. The molecule has 1 aromatic heterocycles. The lowest BCUT2D eigenvalue weighted by Crippen LogP contribution is -2.48. The standard InChI is InChI=1S/C14H24N4O2/c1-4-15-5-6-18-13(19)9-12(10-16-18)17-7-8-20-14(2,3)11-17/h9-10,15H,4-8,11H2,1-3H3. The molecule has 1 aromatic rings. The van der Waals surface area contributed by atoms with E-state index in [1.165, 1.54) is 4.68 Å². The average Bonchev–Trinajstić information content (AvgIpc) is 2.39. The number of anilines is 1. The van der Waals surface area contributed by atoms with Gasteiger partial charge in [0, 0.05) is 25.7 Å². The molecule has 0 amide bonds. The fourth-order valence-electron chi connectivity index (χ4n) is 2.36. The summed E-state index contributed by atoms with van der Waals surface area (Å²) in [5, 5.41) is 7.44. The summed E-state index contributed by atoms with van der Waals surface area (Å²) in [6.45, 7) is 10.7. The molecule has 0 spiro atoms. The van der Waals surface area contributed by atoms with Crippen LogP contribution in [-0.4, -0.2) is 48.2 Å². The molecule has 0 radical (unpaired) electrons. The second-order valence-corrected chi connectivity index (χ2v) is 5.66. The third-order valence-corrected chi connectivity index (χ3v) is 3.40. The van der Waals surface area contributed by atoms with Crippen molar-refractivity contribution in [3.63, 3.8) is 0 Å². The normalized spacial score (nSPS) is 18.2. The molecule has 6 nitrogen and oxygen atoms in total. The fourth-order valence-corrected chi connectivity index (χ4v) is 2.36. The highest BCUT2D eigenvalue weighted by molar-refractivity contribution is 5.43. The predicted octanol–water partition coefficient (Wildman–Crippen LogP) is 0.468. The smallest absolute Gasteiger partial charge is 0.268 e. The van der Waals surface area contributed by atoms with Gasteiger partial charge in [-0.2, -0.15) is 5.10 Å². The van der Waals surface area contributed by atoms with Crippen LogP contribution in [0.15, 0.2) is 17.1 Å². The Bertz CT molecular complexity index is 498. The van der Waals surface area contributed by atoms with Crippen LogP contribution in [0, 0.1) is 0 Å². The van der Waals surface area contributed by atoms with Gasteiger partial charge in [0.15, 0.2) is 0 Å². The number of hydrogen-bond donors (Lipinski definition) is 1. The van der Waals surface area contributed by atoms with Gasteiger partial charge in [-0.3, -0.25) is 4.79 Å². The minimum atomic E-state index is -0.182. The number of aromatic nitrogens is 2. The second-order valence-electron chi connectivity index (χ2n) is 5.66. The zero-order valence-corrected chi connectivity index (χ0v) is 12.6. The van der Waals surface area contributed by atoms with E-state index in [4.69, 9.17) is 4.74 Å². The molecule has 112 valence electrons. The van der Waals surface area contributed by atoms with Crippen molar-refractivity contribution in [1.29, 1.82) is 0 Å². The lowest BCUT2D eigenvalue weighted by atomic mass is 10.1. The predicted molar refractivity (Wildman–Crippen MR) is 79.3 cm³/mol. The van der Waals surface area contributed by atoms with Crippen molar-refractivity contribution < 1.29 is 4.74 Å². The first-order chi connectivity index (χ1) is 9.52. The van der Waals surface area contributed by atoms with Crippen molar-refractivity contribution >= 4 is 5.69 Å². The van der Waals surface area contributed by atoms with E-state index in [0.717, 1.165) is 31.9 Å². The highest BCUT2D eigenvalue weighted by atomic mass is 16.5. The van der Waals surface area contributed by atoms with E-state index in [1.807, 2.05) is 6.92 Å². The molecule has 2 rings (SSSR count). The summed E-state index contributed by atoms with van der Waals surface area (Å²) >= 11 is 0. The zero-order chi connectivity index (χ0) is 14.6. The Hall–Kier alpha value is -1.40. The van der Waals surface area contributed by atoms with Crippen LogP contribution >= 0.6 is 0 Å². The monoisotopic (exact) mass is 280 g/mol. The maximum Gasteiger partial charge on any atom is 0.268 e. The van der Waals surface area contributed by atoms with Crippen LogP contribution in [0.2, 0.25) is 0 Å². The lowest BCUT2D eigenvalue weighted by Gasteiger charge is -2.39. The number of hydrogen-bond acceptors (Lipinski definition) is 5.